The second-order valence-corrected chi connectivity index (χ2v) is 4.92. The Bertz CT molecular complexity index is 762. The van der Waals surface area contributed by atoms with Gasteiger partial charge in [-0.15, -0.1) is 0 Å². The summed E-state index contributed by atoms with van der Waals surface area (Å²) in [5, 5.41) is 7.63. The molecule has 0 saturated carbocycles. The molecule has 1 N–H and O–H groups in total. The molecule has 0 atom stereocenters. The third-order valence-electron chi connectivity index (χ3n) is 3.03. The maximum atomic E-state index is 12.1. The molecule has 0 aliphatic heterocycles. The first kappa shape index (κ1) is 12.7. The van der Waals surface area contributed by atoms with E-state index in [2.05, 4.69) is 10.4 Å². The molecule has 3 aromatic rings. The van der Waals surface area contributed by atoms with Gasteiger partial charge in [-0.1, -0.05) is 23.7 Å². The molecule has 0 fully saturated rings. The Morgan fingerprint density at radius 2 is 2.10 bits per heavy atom. The van der Waals surface area contributed by atoms with Crippen LogP contribution < -0.4 is 5.32 Å². The van der Waals surface area contributed by atoms with Crippen LogP contribution in [0, 0.1) is 6.92 Å². The van der Waals surface area contributed by atoms with Crippen molar-refractivity contribution in [2.24, 2.45) is 0 Å². The molecular weight excluding hydrogens is 274 g/mol. The van der Waals surface area contributed by atoms with Crippen LogP contribution in [0.1, 0.15) is 16.1 Å². The van der Waals surface area contributed by atoms with Gasteiger partial charge in [0.15, 0.2) is 5.69 Å². The van der Waals surface area contributed by atoms with Crippen molar-refractivity contribution in [3.8, 4) is 0 Å². The Labute approximate surface area is 121 Å². The van der Waals surface area contributed by atoms with Crippen LogP contribution >= 0.6 is 11.6 Å². The number of hydrogen-bond donors (Lipinski definition) is 1. The molecular formula is C15H12ClN3O. The number of hydrogen-bond acceptors (Lipinski definition) is 2. The Morgan fingerprint density at radius 3 is 2.85 bits per heavy atom. The predicted octanol–water partition coefficient (Wildman–Crippen LogP) is 3.55. The number of pyridine rings is 1. The van der Waals surface area contributed by atoms with E-state index in [1.54, 1.807) is 22.8 Å². The topological polar surface area (TPSA) is 46.4 Å². The summed E-state index contributed by atoms with van der Waals surface area (Å²) in [6.07, 6.45) is 1.80. The highest BCUT2D eigenvalue weighted by Crippen LogP contribution is 2.20. The van der Waals surface area contributed by atoms with E-state index >= 15 is 0 Å². The number of fused-ring (bicyclic) bond motifs is 1. The Hall–Kier alpha value is -2.33. The molecule has 0 unspecified atom stereocenters. The van der Waals surface area contributed by atoms with Gasteiger partial charge in [-0.25, -0.2) is 4.52 Å². The minimum Gasteiger partial charge on any atom is -0.321 e. The van der Waals surface area contributed by atoms with Crippen LogP contribution in [0.2, 0.25) is 5.02 Å². The van der Waals surface area contributed by atoms with Gasteiger partial charge in [0.05, 0.1) is 5.52 Å². The zero-order chi connectivity index (χ0) is 14.1. The summed E-state index contributed by atoms with van der Waals surface area (Å²) in [7, 11) is 0. The highest BCUT2D eigenvalue weighted by molar-refractivity contribution is 6.31. The number of nitrogens with zero attached hydrogens (tertiary/aromatic N) is 2. The number of amides is 1. The highest BCUT2D eigenvalue weighted by atomic mass is 35.5. The zero-order valence-corrected chi connectivity index (χ0v) is 11.6. The summed E-state index contributed by atoms with van der Waals surface area (Å²) in [5.41, 5.74) is 2.87. The molecule has 0 saturated heterocycles. The number of halogens is 1. The fourth-order valence-corrected chi connectivity index (χ4v) is 2.10. The van der Waals surface area contributed by atoms with Crippen molar-refractivity contribution in [1.82, 2.24) is 9.61 Å². The van der Waals surface area contributed by atoms with E-state index in [4.69, 9.17) is 11.6 Å². The normalized spacial score (nSPS) is 10.7. The summed E-state index contributed by atoms with van der Waals surface area (Å²) >= 11 is 6.04. The SMILES string of the molecule is Cc1ccc(NC(=O)c2cc3ccccn3n2)cc1Cl. The van der Waals surface area contributed by atoms with Gasteiger partial charge in [0.2, 0.25) is 0 Å². The molecule has 0 aliphatic carbocycles. The van der Waals surface area contributed by atoms with E-state index in [0.717, 1.165) is 11.1 Å². The standard InChI is InChI=1S/C15H12ClN3O/c1-10-5-6-11(8-13(10)16)17-15(20)14-9-12-4-2-3-7-19(12)18-14/h2-9H,1H3,(H,17,20). The largest absolute Gasteiger partial charge is 0.321 e. The maximum Gasteiger partial charge on any atom is 0.276 e. The molecule has 3 rings (SSSR count). The third-order valence-corrected chi connectivity index (χ3v) is 3.44. The first-order valence-electron chi connectivity index (χ1n) is 6.15. The van der Waals surface area contributed by atoms with Crippen LogP contribution in [0.5, 0.6) is 0 Å². The molecule has 0 radical (unpaired) electrons. The molecule has 0 bridgehead atoms. The summed E-state index contributed by atoms with van der Waals surface area (Å²) in [5.74, 6) is -0.256. The van der Waals surface area contributed by atoms with Crippen LogP contribution in [0.4, 0.5) is 5.69 Å². The molecule has 0 spiro atoms. The van der Waals surface area contributed by atoms with E-state index in [9.17, 15) is 4.79 Å². The summed E-state index contributed by atoms with van der Waals surface area (Å²) in [4.78, 5) is 12.1. The number of aryl methyl sites for hydroxylation is 1. The molecule has 5 heteroatoms. The lowest BCUT2D eigenvalue weighted by Crippen LogP contribution is -2.12. The van der Waals surface area contributed by atoms with Crippen molar-refractivity contribution >= 4 is 28.7 Å². The van der Waals surface area contributed by atoms with Crippen molar-refractivity contribution in [2.75, 3.05) is 5.32 Å². The Morgan fingerprint density at radius 1 is 1.25 bits per heavy atom. The Kier molecular flexibility index (Phi) is 3.16. The number of nitrogens with one attached hydrogen (secondary N) is 1. The number of carbonyl (C=O) groups excluding carboxylic acids is 1. The molecule has 1 aromatic carbocycles. The number of aromatic nitrogens is 2. The molecule has 2 heterocycles. The van der Waals surface area contributed by atoms with Gasteiger partial charge in [-0.2, -0.15) is 5.10 Å². The van der Waals surface area contributed by atoms with Crippen LogP contribution in [0.15, 0.2) is 48.7 Å². The van der Waals surface area contributed by atoms with E-state index in [1.807, 2.05) is 37.3 Å². The van der Waals surface area contributed by atoms with Gasteiger partial charge in [0.25, 0.3) is 5.91 Å². The first-order valence-corrected chi connectivity index (χ1v) is 6.53. The van der Waals surface area contributed by atoms with Crippen molar-refractivity contribution in [2.45, 2.75) is 6.92 Å². The van der Waals surface area contributed by atoms with Gasteiger partial charge >= 0.3 is 0 Å². The van der Waals surface area contributed by atoms with E-state index < -0.39 is 0 Å². The number of benzene rings is 1. The summed E-state index contributed by atoms with van der Waals surface area (Å²) < 4.78 is 1.66. The molecule has 2 aromatic heterocycles. The van der Waals surface area contributed by atoms with Crippen molar-refractivity contribution < 1.29 is 4.79 Å². The Balaban J connectivity index is 1.86. The predicted molar refractivity (Wildman–Crippen MR) is 79.3 cm³/mol. The smallest absolute Gasteiger partial charge is 0.276 e. The molecule has 20 heavy (non-hydrogen) atoms. The van der Waals surface area contributed by atoms with Crippen LogP contribution in [-0.2, 0) is 0 Å². The van der Waals surface area contributed by atoms with E-state index in [1.165, 1.54) is 0 Å². The van der Waals surface area contributed by atoms with Gasteiger partial charge in [0, 0.05) is 16.9 Å². The highest BCUT2D eigenvalue weighted by Gasteiger charge is 2.11. The average Bonchev–Trinajstić information content (AvgIpc) is 2.87. The fraction of sp³-hybridized carbons (Fsp3) is 0.0667. The van der Waals surface area contributed by atoms with Gasteiger partial charge < -0.3 is 5.32 Å². The lowest BCUT2D eigenvalue weighted by molar-refractivity contribution is 0.102. The van der Waals surface area contributed by atoms with Crippen LogP contribution in [-0.4, -0.2) is 15.5 Å². The average molecular weight is 286 g/mol. The monoisotopic (exact) mass is 285 g/mol. The van der Waals surface area contributed by atoms with Crippen molar-refractivity contribution in [1.29, 1.82) is 0 Å². The molecule has 1 amide bonds. The maximum absolute atomic E-state index is 12.1. The summed E-state index contributed by atoms with van der Waals surface area (Å²) in [6, 6.07) is 12.8. The van der Waals surface area contributed by atoms with Crippen LogP contribution in [0.3, 0.4) is 0 Å². The van der Waals surface area contributed by atoms with Gasteiger partial charge in [0.1, 0.15) is 0 Å². The number of carbonyl (C=O) groups is 1. The number of anilines is 1. The van der Waals surface area contributed by atoms with Crippen molar-refractivity contribution in [3.05, 3.63) is 64.9 Å². The minimum absolute atomic E-state index is 0.256. The second kappa shape index (κ2) is 4.98. The van der Waals surface area contributed by atoms with E-state index in [-0.39, 0.29) is 5.91 Å². The molecule has 0 aliphatic rings. The van der Waals surface area contributed by atoms with Crippen LogP contribution in [0.25, 0.3) is 5.52 Å². The second-order valence-electron chi connectivity index (χ2n) is 4.52. The zero-order valence-electron chi connectivity index (χ0n) is 10.8. The van der Waals surface area contributed by atoms with Gasteiger partial charge in [-0.05, 0) is 42.8 Å². The van der Waals surface area contributed by atoms with E-state index in [0.29, 0.717) is 16.4 Å². The van der Waals surface area contributed by atoms with Crippen molar-refractivity contribution in [3.63, 3.8) is 0 Å². The minimum atomic E-state index is -0.256. The summed E-state index contributed by atoms with van der Waals surface area (Å²) in [6.45, 7) is 1.91. The molecule has 4 nitrogen and oxygen atoms in total. The molecule has 100 valence electrons. The fourth-order valence-electron chi connectivity index (χ4n) is 1.91. The van der Waals surface area contributed by atoms with Gasteiger partial charge in [-0.3, -0.25) is 4.79 Å². The third kappa shape index (κ3) is 2.38. The lowest BCUT2D eigenvalue weighted by atomic mass is 10.2. The lowest BCUT2D eigenvalue weighted by Gasteiger charge is -2.05. The quantitative estimate of drug-likeness (QED) is 0.783. The first-order chi connectivity index (χ1) is 9.63. The number of rotatable bonds is 2.